The van der Waals surface area contributed by atoms with Crippen molar-refractivity contribution in [3.63, 3.8) is 0 Å². The minimum Gasteiger partial charge on any atom is -0.0404 e. The van der Waals surface area contributed by atoms with Gasteiger partial charge in [0.2, 0.25) is 12.1 Å². The molecule has 4 heteroatoms. The average molecular weight is 212 g/mol. The molecule has 2 unspecified atom stereocenters. The molecule has 2 rings (SSSR count). The topological polar surface area (TPSA) is 40.2 Å². The zero-order valence-electron chi connectivity index (χ0n) is 9.23. The van der Waals surface area contributed by atoms with Crippen LogP contribution in [0.25, 0.3) is 0 Å². The van der Waals surface area contributed by atoms with E-state index in [0.717, 1.165) is 44.9 Å². The maximum Gasteiger partial charge on any atom is 0.201 e. The van der Waals surface area contributed by atoms with Gasteiger partial charge < -0.3 is 0 Å². The van der Waals surface area contributed by atoms with E-state index in [4.69, 9.17) is 0 Å². The summed E-state index contributed by atoms with van der Waals surface area (Å²) in [7, 11) is 0. The Kier molecular flexibility index (Phi) is 3.44. The van der Waals surface area contributed by atoms with Crippen molar-refractivity contribution in [2.24, 2.45) is 0 Å². The minimum atomic E-state index is 0.242. The molecule has 2 aliphatic heterocycles. The Bertz CT molecular complexity index is 239. The van der Waals surface area contributed by atoms with E-state index in [9.17, 15) is 9.81 Å². The highest BCUT2D eigenvalue weighted by Gasteiger charge is 2.34. The van der Waals surface area contributed by atoms with Crippen molar-refractivity contribution >= 4 is 0 Å². The van der Waals surface area contributed by atoms with E-state index in [1.807, 2.05) is 0 Å². The van der Waals surface area contributed by atoms with Crippen LogP contribution in [0.4, 0.5) is 0 Å². The lowest BCUT2D eigenvalue weighted by Gasteiger charge is -2.03. The van der Waals surface area contributed by atoms with Gasteiger partial charge in [0.1, 0.15) is 0 Å². The van der Waals surface area contributed by atoms with Crippen LogP contribution in [0.5, 0.6) is 0 Å². The van der Waals surface area contributed by atoms with E-state index in [1.54, 1.807) is 0 Å². The number of nitroso groups, excluding NO2 is 2. The molecule has 15 heavy (non-hydrogen) atoms. The maximum atomic E-state index is 11.3. The van der Waals surface area contributed by atoms with Crippen molar-refractivity contribution in [2.75, 3.05) is 13.1 Å². The van der Waals surface area contributed by atoms with Gasteiger partial charge in [0.25, 0.3) is 0 Å². The summed E-state index contributed by atoms with van der Waals surface area (Å²) in [4.78, 5) is 22.6. The Labute approximate surface area is 90.2 Å². The summed E-state index contributed by atoms with van der Waals surface area (Å²) in [5, 5.41) is 0. The van der Waals surface area contributed by atoms with Crippen molar-refractivity contribution in [3.8, 4) is 0 Å². The molecule has 2 heterocycles. The van der Waals surface area contributed by atoms with Gasteiger partial charge >= 0.3 is 0 Å². The molecule has 2 atom stereocenters. The Morgan fingerprint density at radius 1 is 0.867 bits per heavy atom. The monoisotopic (exact) mass is 212 g/mol. The molecule has 2 fully saturated rings. The third-order valence-corrected chi connectivity index (χ3v) is 3.72. The van der Waals surface area contributed by atoms with Gasteiger partial charge in [0, 0.05) is 57.9 Å². The molecule has 2 aliphatic rings. The zero-order chi connectivity index (χ0) is 10.7. The number of hydrogen-bond donors (Lipinski definition) is 0. The highest BCUT2D eigenvalue weighted by atomic mass is 16.3. The lowest BCUT2D eigenvalue weighted by Crippen LogP contribution is -2.19. The largest absolute Gasteiger partial charge is 0.201 e. The van der Waals surface area contributed by atoms with Crippen molar-refractivity contribution in [1.82, 2.24) is 0 Å². The fourth-order valence-electron chi connectivity index (χ4n) is 2.78. The molecule has 0 radical (unpaired) electrons. The molecular formula is C11H20N2O2+2. The second kappa shape index (κ2) is 4.81. The lowest BCUT2D eigenvalue weighted by molar-refractivity contribution is -0.569. The van der Waals surface area contributed by atoms with Crippen LogP contribution in [0.3, 0.4) is 0 Å². The summed E-state index contributed by atoms with van der Waals surface area (Å²) in [6.07, 6.45) is 7.19. The van der Waals surface area contributed by atoms with Crippen LogP contribution in [0.15, 0.2) is 0 Å². The van der Waals surface area contributed by atoms with Crippen LogP contribution in [-0.2, 0) is 0 Å². The minimum absolute atomic E-state index is 0.242. The number of hydrogen-bond acceptors (Lipinski definition) is 2. The number of rotatable bonds is 4. The van der Waals surface area contributed by atoms with Crippen LogP contribution in [0.2, 0.25) is 0 Å². The first-order chi connectivity index (χ1) is 7.27. The van der Waals surface area contributed by atoms with Crippen LogP contribution < -0.4 is 0 Å². The summed E-state index contributed by atoms with van der Waals surface area (Å²) in [5.74, 6) is 0. The summed E-state index contributed by atoms with van der Waals surface area (Å²) < 4.78 is 2.45. The summed E-state index contributed by atoms with van der Waals surface area (Å²) in [5.41, 5.74) is 0. The first-order valence-corrected chi connectivity index (χ1v) is 6.15. The smallest absolute Gasteiger partial charge is 0.0404 e. The first kappa shape index (κ1) is 10.7. The molecule has 0 aliphatic carbocycles. The van der Waals surface area contributed by atoms with Crippen LogP contribution in [0, 0.1) is 9.81 Å². The Morgan fingerprint density at radius 2 is 1.33 bits per heavy atom. The van der Waals surface area contributed by atoms with E-state index < -0.39 is 0 Å². The van der Waals surface area contributed by atoms with Crippen molar-refractivity contribution in [2.45, 2.75) is 57.0 Å². The fraction of sp³-hybridized carbons (Fsp3) is 1.00. The standard InChI is InChI=1S/C11H20N2O2/c14-12-8-2-6-10(12)4-1-5-11-7-3-9-13(11)15/h10-11H,1-9H2/q+2. The van der Waals surface area contributed by atoms with E-state index >= 15 is 0 Å². The lowest BCUT2D eigenvalue weighted by atomic mass is 10.0. The third-order valence-electron chi connectivity index (χ3n) is 3.72. The number of nitrogens with zero attached hydrogens (tertiary/aromatic N) is 2. The molecule has 0 aromatic rings. The molecule has 0 aromatic heterocycles. The molecule has 84 valence electrons. The Hall–Kier alpha value is -0.800. The highest BCUT2D eigenvalue weighted by Crippen LogP contribution is 2.21. The SMILES string of the molecule is O=[N+]1CCCC1CCCC1CCC[N+]1=O. The van der Waals surface area contributed by atoms with Gasteiger partial charge in [-0.05, 0) is 6.42 Å². The van der Waals surface area contributed by atoms with Crippen LogP contribution in [0.1, 0.15) is 44.9 Å². The maximum absolute atomic E-state index is 11.3. The predicted molar refractivity (Wildman–Crippen MR) is 56.9 cm³/mol. The van der Waals surface area contributed by atoms with Gasteiger partial charge in [-0.1, -0.05) is 0 Å². The summed E-state index contributed by atoms with van der Waals surface area (Å²) in [6, 6.07) is 0.484. The molecule has 0 spiro atoms. The van der Waals surface area contributed by atoms with Gasteiger partial charge in [-0.15, -0.1) is 0 Å². The zero-order valence-corrected chi connectivity index (χ0v) is 9.23. The Balaban J connectivity index is 1.66. The molecule has 0 amide bonds. The van der Waals surface area contributed by atoms with Crippen molar-refractivity contribution in [3.05, 3.63) is 9.81 Å². The van der Waals surface area contributed by atoms with Crippen LogP contribution in [-0.4, -0.2) is 34.7 Å². The molecule has 0 saturated carbocycles. The van der Waals surface area contributed by atoms with Gasteiger partial charge in [-0.2, -0.15) is 0 Å². The van der Waals surface area contributed by atoms with Gasteiger partial charge in [-0.25, -0.2) is 0 Å². The van der Waals surface area contributed by atoms with Crippen molar-refractivity contribution < 1.29 is 9.52 Å². The average Bonchev–Trinajstić information content (AvgIpc) is 2.78. The predicted octanol–water partition coefficient (Wildman–Crippen LogP) is 2.04. The van der Waals surface area contributed by atoms with E-state index in [0.29, 0.717) is 13.1 Å². The Morgan fingerprint density at radius 3 is 1.67 bits per heavy atom. The molecule has 0 N–H and O–H groups in total. The summed E-state index contributed by atoms with van der Waals surface area (Å²) in [6.45, 7) is 1.42. The first-order valence-electron chi connectivity index (χ1n) is 6.15. The second-order valence-electron chi connectivity index (χ2n) is 4.80. The second-order valence-corrected chi connectivity index (χ2v) is 4.80. The van der Waals surface area contributed by atoms with Crippen molar-refractivity contribution in [1.29, 1.82) is 0 Å². The molecule has 0 bridgehead atoms. The molecule has 0 aromatic carbocycles. The van der Waals surface area contributed by atoms with Gasteiger partial charge in [-0.3, -0.25) is 0 Å². The van der Waals surface area contributed by atoms with Gasteiger partial charge in [0.15, 0.2) is 13.1 Å². The van der Waals surface area contributed by atoms with E-state index in [2.05, 4.69) is 0 Å². The third kappa shape index (κ3) is 2.61. The van der Waals surface area contributed by atoms with E-state index in [-0.39, 0.29) is 12.1 Å². The molecule has 4 nitrogen and oxygen atoms in total. The molecular weight excluding hydrogens is 192 g/mol. The fourth-order valence-corrected chi connectivity index (χ4v) is 2.78. The van der Waals surface area contributed by atoms with E-state index in [1.165, 1.54) is 9.52 Å². The van der Waals surface area contributed by atoms with Gasteiger partial charge in [0.05, 0.1) is 0 Å². The normalized spacial score (nSPS) is 31.5. The summed E-state index contributed by atoms with van der Waals surface area (Å²) >= 11 is 0. The van der Waals surface area contributed by atoms with Crippen LogP contribution >= 0.6 is 0 Å². The highest BCUT2D eigenvalue weighted by molar-refractivity contribution is 4.66. The molecule has 2 saturated heterocycles. The quantitative estimate of drug-likeness (QED) is 0.669.